The van der Waals surface area contributed by atoms with Gasteiger partial charge >= 0.3 is 5.63 Å². The van der Waals surface area contributed by atoms with E-state index in [1.807, 2.05) is 49.4 Å². The first-order valence-corrected chi connectivity index (χ1v) is 6.34. The summed E-state index contributed by atoms with van der Waals surface area (Å²) >= 11 is 0. The standard InChI is InChI=1S/C18H12O2/c1-13-7-10-17-16(11-13)15(12-18(19)20-17)9-8-14-5-3-2-4-6-14/h2-7,10-12H,1H3. The Balaban J connectivity index is 2.19. The van der Waals surface area contributed by atoms with Crippen LogP contribution in [0.4, 0.5) is 0 Å². The van der Waals surface area contributed by atoms with Gasteiger partial charge in [0, 0.05) is 22.6 Å². The average Bonchev–Trinajstić information content (AvgIpc) is 2.46. The second-order valence-corrected chi connectivity index (χ2v) is 4.59. The van der Waals surface area contributed by atoms with Crippen LogP contribution in [0.15, 0.2) is 63.8 Å². The molecule has 0 radical (unpaired) electrons. The Labute approximate surface area is 116 Å². The van der Waals surface area contributed by atoms with Crippen LogP contribution in [0.3, 0.4) is 0 Å². The molecule has 2 nitrogen and oxygen atoms in total. The minimum absolute atomic E-state index is 0.376. The summed E-state index contributed by atoms with van der Waals surface area (Å²) in [6.45, 7) is 2.00. The monoisotopic (exact) mass is 260 g/mol. The molecule has 1 aromatic heterocycles. The molecule has 0 fully saturated rings. The van der Waals surface area contributed by atoms with E-state index in [4.69, 9.17) is 4.42 Å². The number of hydrogen-bond acceptors (Lipinski definition) is 2. The van der Waals surface area contributed by atoms with Crippen molar-refractivity contribution in [1.29, 1.82) is 0 Å². The van der Waals surface area contributed by atoms with Gasteiger partial charge < -0.3 is 4.42 Å². The van der Waals surface area contributed by atoms with Crippen LogP contribution in [-0.2, 0) is 0 Å². The van der Waals surface area contributed by atoms with Crippen molar-refractivity contribution < 1.29 is 4.42 Å². The summed E-state index contributed by atoms with van der Waals surface area (Å²) in [5.74, 6) is 6.13. The molecule has 3 aromatic rings. The molecule has 0 saturated carbocycles. The van der Waals surface area contributed by atoms with E-state index in [-0.39, 0.29) is 5.63 Å². The molecule has 0 aliphatic heterocycles. The summed E-state index contributed by atoms with van der Waals surface area (Å²) in [4.78, 5) is 11.6. The first kappa shape index (κ1) is 12.3. The highest BCUT2D eigenvalue weighted by Gasteiger charge is 2.03. The molecule has 2 heteroatoms. The highest BCUT2D eigenvalue weighted by molar-refractivity contribution is 5.84. The molecule has 0 unspecified atom stereocenters. The van der Waals surface area contributed by atoms with Gasteiger partial charge in [-0.05, 0) is 31.2 Å². The molecule has 0 bridgehead atoms. The zero-order valence-electron chi connectivity index (χ0n) is 11.0. The Kier molecular flexibility index (Phi) is 3.10. The zero-order chi connectivity index (χ0) is 13.9. The van der Waals surface area contributed by atoms with Crippen LogP contribution in [0.25, 0.3) is 11.0 Å². The third-order valence-corrected chi connectivity index (χ3v) is 3.01. The summed E-state index contributed by atoms with van der Waals surface area (Å²) < 4.78 is 5.19. The SMILES string of the molecule is Cc1ccc2oc(=O)cc(C#Cc3ccccc3)c2c1. The van der Waals surface area contributed by atoms with Gasteiger partial charge in [-0.2, -0.15) is 0 Å². The van der Waals surface area contributed by atoms with Gasteiger partial charge in [0.15, 0.2) is 0 Å². The fourth-order valence-electron chi connectivity index (χ4n) is 2.04. The largest absolute Gasteiger partial charge is 0.423 e. The predicted molar refractivity (Wildman–Crippen MR) is 79.6 cm³/mol. The van der Waals surface area contributed by atoms with E-state index in [1.165, 1.54) is 6.07 Å². The van der Waals surface area contributed by atoms with Crippen LogP contribution in [0.5, 0.6) is 0 Å². The first-order valence-electron chi connectivity index (χ1n) is 6.34. The Bertz CT molecular complexity index is 878. The quantitative estimate of drug-likeness (QED) is 0.457. The molecule has 3 rings (SSSR count). The van der Waals surface area contributed by atoms with Crippen LogP contribution in [0, 0.1) is 18.8 Å². The lowest BCUT2D eigenvalue weighted by atomic mass is 10.1. The smallest absolute Gasteiger partial charge is 0.337 e. The normalized spacial score (nSPS) is 10.1. The van der Waals surface area contributed by atoms with E-state index in [0.29, 0.717) is 11.1 Å². The molecule has 2 aromatic carbocycles. The minimum atomic E-state index is -0.376. The molecule has 1 heterocycles. The molecule has 0 amide bonds. The van der Waals surface area contributed by atoms with E-state index in [2.05, 4.69) is 11.8 Å². The summed E-state index contributed by atoms with van der Waals surface area (Å²) in [5, 5.41) is 0.869. The molecule has 96 valence electrons. The van der Waals surface area contributed by atoms with Crippen molar-refractivity contribution in [1.82, 2.24) is 0 Å². The van der Waals surface area contributed by atoms with Crippen molar-refractivity contribution in [2.24, 2.45) is 0 Å². The lowest BCUT2D eigenvalue weighted by Gasteiger charge is -2.00. The summed E-state index contributed by atoms with van der Waals surface area (Å²) in [6.07, 6.45) is 0. The van der Waals surface area contributed by atoms with Crippen molar-refractivity contribution in [3.05, 3.63) is 81.7 Å². The van der Waals surface area contributed by atoms with Gasteiger partial charge in [0.25, 0.3) is 0 Å². The third-order valence-electron chi connectivity index (χ3n) is 3.01. The number of aryl methyl sites for hydroxylation is 1. The maximum atomic E-state index is 11.6. The molecule has 0 spiro atoms. The molecule has 0 aliphatic carbocycles. The Morgan fingerprint density at radius 2 is 1.75 bits per heavy atom. The third kappa shape index (κ3) is 2.48. The number of hydrogen-bond donors (Lipinski definition) is 0. The van der Waals surface area contributed by atoms with E-state index in [0.717, 1.165) is 16.5 Å². The maximum absolute atomic E-state index is 11.6. The number of benzene rings is 2. The summed E-state index contributed by atoms with van der Waals surface area (Å²) in [7, 11) is 0. The molecule has 20 heavy (non-hydrogen) atoms. The van der Waals surface area contributed by atoms with Crippen molar-refractivity contribution in [3.8, 4) is 11.8 Å². The lowest BCUT2D eigenvalue weighted by molar-refractivity contribution is 0.560. The highest BCUT2D eigenvalue weighted by Crippen LogP contribution is 2.17. The van der Waals surface area contributed by atoms with Crippen LogP contribution in [0.1, 0.15) is 16.7 Å². The van der Waals surface area contributed by atoms with Gasteiger partial charge in [0.2, 0.25) is 0 Å². The minimum Gasteiger partial charge on any atom is -0.423 e. The predicted octanol–water partition coefficient (Wildman–Crippen LogP) is 3.50. The Morgan fingerprint density at radius 1 is 0.950 bits per heavy atom. The molecule has 0 atom stereocenters. The first-order chi connectivity index (χ1) is 9.72. The van der Waals surface area contributed by atoms with Crippen molar-refractivity contribution in [2.75, 3.05) is 0 Å². The maximum Gasteiger partial charge on any atom is 0.337 e. The van der Waals surface area contributed by atoms with Crippen molar-refractivity contribution in [2.45, 2.75) is 6.92 Å². The zero-order valence-corrected chi connectivity index (χ0v) is 11.0. The lowest BCUT2D eigenvalue weighted by Crippen LogP contribution is -1.98. The van der Waals surface area contributed by atoms with Gasteiger partial charge in [0.05, 0.1) is 0 Å². The van der Waals surface area contributed by atoms with Crippen LogP contribution < -0.4 is 5.63 Å². The molecular formula is C18H12O2. The van der Waals surface area contributed by atoms with E-state index < -0.39 is 0 Å². The van der Waals surface area contributed by atoms with Gasteiger partial charge in [-0.1, -0.05) is 41.7 Å². The molecule has 0 saturated heterocycles. The molecule has 0 N–H and O–H groups in total. The van der Waals surface area contributed by atoms with Gasteiger partial charge in [-0.3, -0.25) is 0 Å². The van der Waals surface area contributed by atoms with Crippen LogP contribution in [0.2, 0.25) is 0 Å². The van der Waals surface area contributed by atoms with E-state index in [1.54, 1.807) is 6.07 Å². The highest BCUT2D eigenvalue weighted by atomic mass is 16.4. The fraction of sp³-hybridized carbons (Fsp3) is 0.0556. The van der Waals surface area contributed by atoms with Gasteiger partial charge in [-0.15, -0.1) is 0 Å². The second-order valence-electron chi connectivity index (χ2n) is 4.59. The number of fused-ring (bicyclic) bond motifs is 1. The Hall–Kier alpha value is -2.79. The summed E-state index contributed by atoms with van der Waals surface area (Å²) in [6, 6.07) is 16.8. The van der Waals surface area contributed by atoms with Gasteiger partial charge in [0.1, 0.15) is 5.58 Å². The van der Waals surface area contributed by atoms with Crippen LogP contribution in [-0.4, -0.2) is 0 Å². The van der Waals surface area contributed by atoms with Crippen LogP contribution >= 0.6 is 0 Å². The molecular weight excluding hydrogens is 248 g/mol. The topological polar surface area (TPSA) is 30.2 Å². The average molecular weight is 260 g/mol. The number of rotatable bonds is 0. The van der Waals surface area contributed by atoms with Crippen molar-refractivity contribution >= 4 is 11.0 Å². The van der Waals surface area contributed by atoms with Gasteiger partial charge in [-0.25, -0.2) is 4.79 Å². The fourth-order valence-corrected chi connectivity index (χ4v) is 2.04. The summed E-state index contributed by atoms with van der Waals surface area (Å²) in [5.41, 5.74) is 2.92. The molecule has 0 aliphatic rings. The van der Waals surface area contributed by atoms with Crippen molar-refractivity contribution in [3.63, 3.8) is 0 Å². The second kappa shape index (κ2) is 5.07. The van der Waals surface area contributed by atoms with E-state index in [9.17, 15) is 4.79 Å². The Morgan fingerprint density at radius 3 is 2.55 bits per heavy atom. The van der Waals surface area contributed by atoms with E-state index >= 15 is 0 Å².